The first-order valence-corrected chi connectivity index (χ1v) is 13.4. The highest BCUT2D eigenvalue weighted by atomic mass is 35.5. The molecule has 2 aromatic heterocycles. The molecule has 1 amide bonds. The number of anilines is 2. The standard InChI is InChI=1S/C25H25ClN6O3S/c1-18(32-12-9-19-3-4-20(26)17-23(19)32)24(33)31-15-13-30(14-16-31)21-5-7-22(8-6-21)36(34,35)29-25-27-10-2-11-28-25/h2-12,17-18H,13-16H2,1H3,(H,27,28,29)/t18-/m1/s1. The van der Waals surface area contributed by atoms with Crippen molar-refractivity contribution in [3.63, 3.8) is 0 Å². The predicted molar refractivity (Wildman–Crippen MR) is 140 cm³/mol. The maximum absolute atomic E-state index is 13.2. The van der Waals surface area contributed by atoms with Crippen LogP contribution in [0.2, 0.25) is 5.02 Å². The minimum absolute atomic E-state index is 0.0209. The third-order valence-corrected chi connectivity index (χ3v) is 7.93. The van der Waals surface area contributed by atoms with Gasteiger partial charge in [0.2, 0.25) is 11.9 Å². The van der Waals surface area contributed by atoms with Crippen molar-refractivity contribution in [2.24, 2.45) is 0 Å². The lowest BCUT2D eigenvalue weighted by Crippen LogP contribution is -2.50. The van der Waals surface area contributed by atoms with Gasteiger partial charge < -0.3 is 14.4 Å². The normalized spacial score (nSPS) is 15.2. The number of halogens is 1. The second-order valence-corrected chi connectivity index (χ2v) is 10.7. The Hall–Kier alpha value is -3.63. The lowest BCUT2D eigenvalue weighted by atomic mass is 10.2. The third-order valence-electron chi connectivity index (χ3n) is 6.35. The number of carbonyl (C=O) groups is 1. The molecule has 5 rings (SSSR count). The molecule has 1 saturated heterocycles. The van der Waals surface area contributed by atoms with E-state index in [2.05, 4.69) is 19.6 Å². The number of hydrogen-bond donors (Lipinski definition) is 1. The van der Waals surface area contributed by atoms with E-state index in [1.165, 1.54) is 12.4 Å². The van der Waals surface area contributed by atoms with Gasteiger partial charge in [0, 0.05) is 55.5 Å². The van der Waals surface area contributed by atoms with E-state index in [9.17, 15) is 13.2 Å². The van der Waals surface area contributed by atoms with Crippen LogP contribution < -0.4 is 9.62 Å². The molecule has 1 atom stereocenters. The molecule has 0 aliphatic carbocycles. The average molecular weight is 525 g/mol. The second-order valence-electron chi connectivity index (χ2n) is 8.59. The first-order chi connectivity index (χ1) is 17.3. The fraction of sp³-hybridized carbons (Fsp3) is 0.240. The predicted octanol–water partition coefficient (Wildman–Crippen LogP) is 3.80. The number of amides is 1. The summed E-state index contributed by atoms with van der Waals surface area (Å²) in [6, 6.07) is 15.6. The summed E-state index contributed by atoms with van der Waals surface area (Å²) in [5, 5.41) is 1.68. The summed E-state index contributed by atoms with van der Waals surface area (Å²) in [7, 11) is -3.79. The number of nitrogens with zero attached hydrogens (tertiary/aromatic N) is 5. The zero-order valence-electron chi connectivity index (χ0n) is 19.6. The summed E-state index contributed by atoms with van der Waals surface area (Å²) in [5.74, 6) is 0.0790. The number of sulfonamides is 1. The minimum Gasteiger partial charge on any atom is -0.368 e. The van der Waals surface area contributed by atoms with Crippen molar-refractivity contribution in [2.45, 2.75) is 17.9 Å². The molecule has 0 bridgehead atoms. The summed E-state index contributed by atoms with van der Waals surface area (Å²) in [4.78, 5) is 25.2. The Kier molecular flexibility index (Phi) is 6.55. The van der Waals surface area contributed by atoms with Crippen LogP contribution in [0.25, 0.3) is 10.9 Å². The van der Waals surface area contributed by atoms with Gasteiger partial charge in [-0.15, -0.1) is 0 Å². The van der Waals surface area contributed by atoms with E-state index in [1.807, 2.05) is 46.9 Å². The Balaban J connectivity index is 1.22. The molecule has 4 aromatic rings. The Morgan fingerprint density at radius 3 is 2.39 bits per heavy atom. The molecule has 0 saturated carbocycles. The molecule has 9 nitrogen and oxygen atoms in total. The van der Waals surface area contributed by atoms with Crippen LogP contribution in [0.5, 0.6) is 0 Å². The van der Waals surface area contributed by atoms with Gasteiger partial charge in [-0.2, -0.15) is 0 Å². The first kappa shape index (κ1) is 24.1. The number of benzene rings is 2. The van der Waals surface area contributed by atoms with Crippen molar-refractivity contribution in [2.75, 3.05) is 35.8 Å². The number of hydrogen-bond acceptors (Lipinski definition) is 6. The summed E-state index contributed by atoms with van der Waals surface area (Å²) in [6.07, 6.45) is 4.86. The van der Waals surface area contributed by atoms with E-state index in [0.717, 1.165) is 16.6 Å². The smallest absolute Gasteiger partial charge is 0.264 e. The SMILES string of the molecule is C[C@H](C(=O)N1CCN(c2ccc(S(=O)(=O)Nc3ncccn3)cc2)CC1)n1ccc2ccc(Cl)cc21. The molecule has 1 fully saturated rings. The van der Waals surface area contributed by atoms with Gasteiger partial charge in [0.15, 0.2) is 0 Å². The summed E-state index contributed by atoms with van der Waals surface area (Å²) in [5.41, 5.74) is 1.83. The number of rotatable bonds is 6. The molecule has 0 unspecified atom stereocenters. The van der Waals surface area contributed by atoms with E-state index in [1.54, 1.807) is 30.3 Å². The van der Waals surface area contributed by atoms with Gasteiger partial charge in [0.05, 0.1) is 10.4 Å². The van der Waals surface area contributed by atoms with E-state index < -0.39 is 10.0 Å². The number of aromatic nitrogens is 3. The molecule has 1 aliphatic rings. The van der Waals surface area contributed by atoms with Crippen molar-refractivity contribution < 1.29 is 13.2 Å². The van der Waals surface area contributed by atoms with Gasteiger partial charge in [-0.1, -0.05) is 17.7 Å². The maximum atomic E-state index is 13.2. The summed E-state index contributed by atoms with van der Waals surface area (Å²) < 4.78 is 29.6. The van der Waals surface area contributed by atoms with Crippen LogP contribution in [-0.2, 0) is 14.8 Å². The van der Waals surface area contributed by atoms with Crippen LogP contribution >= 0.6 is 11.6 Å². The number of carbonyl (C=O) groups excluding carboxylic acids is 1. The second kappa shape index (κ2) is 9.79. The molecule has 0 spiro atoms. The number of piperazine rings is 1. The quantitative estimate of drug-likeness (QED) is 0.412. The highest BCUT2D eigenvalue weighted by Crippen LogP contribution is 2.26. The van der Waals surface area contributed by atoms with Crippen LogP contribution in [-0.4, -0.2) is 59.9 Å². The molecule has 2 aromatic carbocycles. The number of fused-ring (bicyclic) bond motifs is 1. The van der Waals surface area contributed by atoms with Crippen LogP contribution in [0.4, 0.5) is 11.6 Å². The van der Waals surface area contributed by atoms with Gasteiger partial charge in [-0.05, 0) is 60.8 Å². The topological polar surface area (TPSA) is 100 Å². The van der Waals surface area contributed by atoms with Crippen LogP contribution in [0.1, 0.15) is 13.0 Å². The van der Waals surface area contributed by atoms with E-state index in [4.69, 9.17) is 11.6 Å². The average Bonchev–Trinajstić information content (AvgIpc) is 3.31. The van der Waals surface area contributed by atoms with Crippen LogP contribution in [0.15, 0.2) is 78.1 Å². The maximum Gasteiger partial charge on any atom is 0.264 e. The van der Waals surface area contributed by atoms with Gasteiger partial charge >= 0.3 is 0 Å². The zero-order valence-corrected chi connectivity index (χ0v) is 21.2. The van der Waals surface area contributed by atoms with Crippen LogP contribution in [0, 0.1) is 0 Å². The van der Waals surface area contributed by atoms with Gasteiger partial charge in [0.25, 0.3) is 10.0 Å². The zero-order chi connectivity index (χ0) is 25.3. The number of nitrogens with one attached hydrogen (secondary N) is 1. The molecular formula is C25H25ClN6O3S. The van der Waals surface area contributed by atoms with Crippen molar-refractivity contribution in [1.29, 1.82) is 0 Å². The van der Waals surface area contributed by atoms with Crippen molar-refractivity contribution in [3.8, 4) is 0 Å². The molecule has 186 valence electrons. The fourth-order valence-corrected chi connectivity index (χ4v) is 5.52. The first-order valence-electron chi connectivity index (χ1n) is 11.5. The van der Waals surface area contributed by atoms with E-state index in [0.29, 0.717) is 31.2 Å². The molecular weight excluding hydrogens is 500 g/mol. The lowest BCUT2D eigenvalue weighted by Gasteiger charge is -2.37. The highest BCUT2D eigenvalue weighted by molar-refractivity contribution is 7.92. The third kappa shape index (κ3) is 4.87. The van der Waals surface area contributed by atoms with Gasteiger partial charge in [0.1, 0.15) is 6.04 Å². The Bertz CT molecular complexity index is 1480. The van der Waals surface area contributed by atoms with Gasteiger partial charge in [-0.3, -0.25) is 4.79 Å². The van der Waals surface area contributed by atoms with Crippen LogP contribution in [0.3, 0.4) is 0 Å². The van der Waals surface area contributed by atoms with Crippen molar-refractivity contribution in [1.82, 2.24) is 19.4 Å². The molecule has 11 heteroatoms. The highest BCUT2D eigenvalue weighted by Gasteiger charge is 2.27. The molecule has 1 N–H and O–H groups in total. The van der Waals surface area contributed by atoms with Crippen molar-refractivity contribution >= 4 is 50.1 Å². The van der Waals surface area contributed by atoms with Gasteiger partial charge in [-0.25, -0.2) is 23.1 Å². The molecule has 0 radical (unpaired) electrons. The van der Waals surface area contributed by atoms with E-state index >= 15 is 0 Å². The summed E-state index contributed by atoms with van der Waals surface area (Å²) in [6.45, 7) is 4.37. The Labute approximate surface area is 214 Å². The molecule has 3 heterocycles. The lowest BCUT2D eigenvalue weighted by molar-refractivity contribution is -0.134. The summed E-state index contributed by atoms with van der Waals surface area (Å²) >= 11 is 6.17. The molecule has 36 heavy (non-hydrogen) atoms. The minimum atomic E-state index is -3.79. The molecule has 1 aliphatic heterocycles. The van der Waals surface area contributed by atoms with Crippen molar-refractivity contribution in [3.05, 3.63) is 78.2 Å². The Morgan fingerprint density at radius 2 is 1.69 bits per heavy atom. The van der Waals surface area contributed by atoms with E-state index in [-0.39, 0.29) is 22.8 Å². The Morgan fingerprint density at radius 1 is 1.00 bits per heavy atom. The largest absolute Gasteiger partial charge is 0.368 e. The fourth-order valence-electron chi connectivity index (χ4n) is 4.40. The monoisotopic (exact) mass is 524 g/mol.